The average Bonchev–Trinajstić information content (AvgIpc) is 3.26. The van der Waals surface area contributed by atoms with Gasteiger partial charge < -0.3 is 9.84 Å². The van der Waals surface area contributed by atoms with E-state index in [-0.39, 0.29) is 41.0 Å². The van der Waals surface area contributed by atoms with Crippen molar-refractivity contribution in [3.63, 3.8) is 0 Å². The van der Waals surface area contributed by atoms with Crippen LogP contribution in [0.15, 0.2) is 41.3 Å². The highest BCUT2D eigenvalue weighted by atomic mass is 35.5. The van der Waals surface area contributed by atoms with Crippen LogP contribution in [-0.4, -0.2) is 64.6 Å². The van der Waals surface area contributed by atoms with Crippen molar-refractivity contribution < 1.29 is 35.9 Å². The molecule has 2 heterocycles. The minimum absolute atomic E-state index is 0.0224. The van der Waals surface area contributed by atoms with E-state index in [1.54, 1.807) is 0 Å². The van der Waals surface area contributed by atoms with Gasteiger partial charge in [-0.15, -0.1) is 0 Å². The Morgan fingerprint density at radius 3 is 2.58 bits per heavy atom. The number of amides is 1. The number of hydrogen-bond donors (Lipinski definition) is 3. The fourth-order valence-electron chi connectivity index (χ4n) is 4.01. The lowest BCUT2D eigenvalue weighted by molar-refractivity contribution is 0.202. The molecule has 3 N–H and O–H groups in total. The number of sulfonamides is 1. The van der Waals surface area contributed by atoms with E-state index in [9.17, 15) is 26.0 Å². The number of rotatable bonds is 7. The van der Waals surface area contributed by atoms with Crippen molar-refractivity contribution in [3.8, 4) is 5.75 Å². The monoisotopic (exact) mass is 562 g/mol. The zero-order chi connectivity index (χ0) is 26.3. The van der Waals surface area contributed by atoms with Crippen LogP contribution in [0.1, 0.15) is 13.3 Å². The number of halogens is 2. The zero-order valence-corrected chi connectivity index (χ0v) is 21.4. The van der Waals surface area contributed by atoms with Gasteiger partial charge in [-0.2, -0.15) is 17.4 Å². The highest BCUT2D eigenvalue weighted by Crippen LogP contribution is 2.39. The quantitative estimate of drug-likeness (QED) is 0.470. The normalized spacial score (nSPS) is 20.6. The number of nitrogens with zero attached hydrogens (tertiary/aromatic N) is 2. The fraction of sp³-hybridized carbons (Fsp3) is 0.381. The minimum Gasteiger partial charge on any atom is -0.485 e. The number of carboxylic acid groups (broad SMARTS) is 1. The number of hydrogen-bond acceptors (Lipinski definition) is 6. The van der Waals surface area contributed by atoms with Crippen molar-refractivity contribution in [2.45, 2.75) is 24.3 Å². The first kappa shape index (κ1) is 26.4. The van der Waals surface area contributed by atoms with E-state index in [1.165, 1.54) is 22.5 Å². The Morgan fingerprint density at radius 2 is 1.94 bits per heavy atom. The average molecular weight is 563 g/mol. The third-order valence-electron chi connectivity index (χ3n) is 5.84. The molecule has 1 unspecified atom stereocenters. The van der Waals surface area contributed by atoms with Crippen LogP contribution in [0.25, 0.3) is 0 Å². The third kappa shape index (κ3) is 5.52. The molecule has 1 saturated heterocycles. The van der Waals surface area contributed by atoms with E-state index in [0.717, 1.165) is 28.9 Å². The molecule has 0 radical (unpaired) electrons. The fourth-order valence-corrected chi connectivity index (χ4v) is 7.16. The van der Waals surface area contributed by atoms with Gasteiger partial charge in [0.2, 0.25) is 0 Å². The number of carbonyl (C=O) groups is 1. The summed E-state index contributed by atoms with van der Waals surface area (Å²) in [5, 5.41) is 10.8. The predicted octanol–water partition coefficient (Wildman–Crippen LogP) is 2.70. The van der Waals surface area contributed by atoms with Crippen LogP contribution in [0.3, 0.4) is 0 Å². The first-order valence-corrected chi connectivity index (χ1v) is 14.2. The summed E-state index contributed by atoms with van der Waals surface area (Å²) in [7, 11) is -8.13. The van der Waals surface area contributed by atoms with Gasteiger partial charge in [-0.1, -0.05) is 18.5 Å². The topological polar surface area (TPSA) is 145 Å². The smallest absolute Gasteiger partial charge is 0.409 e. The summed E-state index contributed by atoms with van der Waals surface area (Å²) < 4.78 is 76.8. The van der Waals surface area contributed by atoms with E-state index in [1.807, 2.05) is 6.92 Å². The van der Waals surface area contributed by atoms with Crippen LogP contribution in [0.2, 0.25) is 5.02 Å². The van der Waals surface area contributed by atoms with Gasteiger partial charge in [0.15, 0.2) is 0 Å². The number of nitrogens with one attached hydrogen (secondary N) is 2. The maximum absolute atomic E-state index is 13.7. The molecule has 2 aromatic carbocycles. The van der Waals surface area contributed by atoms with Gasteiger partial charge >= 0.3 is 6.09 Å². The molecule has 2 aromatic rings. The molecule has 0 bridgehead atoms. The lowest BCUT2D eigenvalue weighted by Gasteiger charge is -2.36. The van der Waals surface area contributed by atoms with Crippen LogP contribution >= 0.6 is 11.6 Å². The Bertz CT molecular complexity index is 1390. The van der Waals surface area contributed by atoms with Gasteiger partial charge in [-0.3, -0.25) is 9.62 Å². The molecule has 2 atom stereocenters. The Labute approximate surface area is 213 Å². The third-order valence-corrected chi connectivity index (χ3v) is 9.45. The SMILES string of the molecule is CC1CCN(S(=O)(=O)NC[C@H]2CN(S(=O)(=O)c3ccc(F)c(Cl)c3)c3cc(NC(=O)O)ccc3O2)C1. The molecule has 0 aromatic heterocycles. The van der Waals surface area contributed by atoms with E-state index >= 15 is 0 Å². The van der Waals surface area contributed by atoms with Gasteiger partial charge in [-0.05, 0) is 48.7 Å². The zero-order valence-electron chi connectivity index (χ0n) is 19.0. The van der Waals surface area contributed by atoms with Crippen LogP contribution in [0, 0.1) is 11.7 Å². The molecule has 0 saturated carbocycles. The molecule has 2 aliphatic rings. The first-order chi connectivity index (χ1) is 16.9. The van der Waals surface area contributed by atoms with E-state index < -0.39 is 43.3 Å². The van der Waals surface area contributed by atoms with Gasteiger partial charge in [0.25, 0.3) is 20.2 Å². The van der Waals surface area contributed by atoms with Crippen molar-refractivity contribution in [1.29, 1.82) is 0 Å². The van der Waals surface area contributed by atoms with E-state index in [4.69, 9.17) is 21.4 Å². The van der Waals surface area contributed by atoms with Crippen LogP contribution in [0.4, 0.5) is 20.6 Å². The van der Waals surface area contributed by atoms with Gasteiger partial charge in [0.1, 0.15) is 17.7 Å². The number of fused-ring (bicyclic) bond motifs is 1. The molecule has 36 heavy (non-hydrogen) atoms. The molecule has 1 fully saturated rings. The second kappa shape index (κ2) is 10.0. The maximum Gasteiger partial charge on any atom is 0.409 e. The van der Waals surface area contributed by atoms with Crippen molar-refractivity contribution in [2.75, 3.05) is 35.8 Å². The molecule has 4 rings (SSSR count). The van der Waals surface area contributed by atoms with Gasteiger partial charge in [-0.25, -0.2) is 17.6 Å². The minimum atomic E-state index is -4.33. The highest BCUT2D eigenvalue weighted by Gasteiger charge is 2.37. The molecule has 0 aliphatic carbocycles. The maximum atomic E-state index is 13.7. The first-order valence-electron chi connectivity index (χ1n) is 10.9. The van der Waals surface area contributed by atoms with Crippen LogP contribution in [-0.2, 0) is 20.2 Å². The van der Waals surface area contributed by atoms with E-state index in [2.05, 4.69) is 10.0 Å². The van der Waals surface area contributed by atoms with Crippen molar-refractivity contribution in [2.24, 2.45) is 5.92 Å². The molecule has 15 heteroatoms. The highest BCUT2D eigenvalue weighted by molar-refractivity contribution is 7.92. The standard InChI is InChI=1S/C21H24ClFN4O7S2/c1-13-6-7-26(11-13)36(32,33)24-10-15-12-27(35(30,31)16-3-4-18(23)17(22)9-16)19-8-14(25-21(28)29)2-5-20(19)34-15/h2-5,8-9,13,15,24-25H,6-7,10-12H2,1H3,(H,28,29)/t13?,15-/m0/s1. The summed E-state index contributed by atoms with van der Waals surface area (Å²) in [6.45, 7) is 2.19. The molecule has 0 spiro atoms. The Morgan fingerprint density at radius 1 is 1.19 bits per heavy atom. The van der Waals surface area contributed by atoms with Crippen LogP contribution < -0.4 is 19.1 Å². The van der Waals surface area contributed by atoms with Crippen molar-refractivity contribution in [1.82, 2.24) is 9.03 Å². The summed E-state index contributed by atoms with van der Waals surface area (Å²) in [6.07, 6.45) is -1.53. The summed E-state index contributed by atoms with van der Waals surface area (Å²) in [6, 6.07) is 6.97. The lowest BCUT2D eigenvalue weighted by atomic mass is 10.2. The predicted molar refractivity (Wildman–Crippen MR) is 131 cm³/mol. The Balaban J connectivity index is 1.65. The second-order valence-electron chi connectivity index (χ2n) is 8.57. The summed E-state index contributed by atoms with van der Waals surface area (Å²) in [5.41, 5.74) is 0.110. The summed E-state index contributed by atoms with van der Waals surface area (Å²) in [4.78, 5) is 10.8. The second-order valence-corrected chi connectivity index (χ2v) is 12.6. The Hall–Kier alpha value is -2.65. The number of ether oxygens (including phenoxy) is 1. The summed E-state index contributed by atoms with van der Waals surface area (Å²) >= 11 is 5.80. The van der Waals surface area contributed by atoms with Crippen LogP contribution in [0.5, 0.6) is 5.75 Å². The largest absolute Gasteiger partial charge is 0.485 e. The molecular weight excluding hydrogens is 539 g/mol. The molecular formula is C21H24ClFN4O7S2. The number of benzene rings is 2. The lowest BCUT2D eigenvalue weighted by Crippen LogP contribution is -2.50. The van der Waals surface area contributed by atoms with Gasteiger partial charge in [0, 0.05) is 18.8 Å². The van der Waals surface area contributed by atoms with Crippen molar-refractivity contribution in [3.05, 3.63) is 47.2 Å². The van der Waals surface area contributed by atoms with Crippen molar-refractivity contribution >= 4 is 49.3 Å². The molecule has 196 valence electrons. The van der Waals surface area contributed by atoms with E-state index in [0.29, 0.717) is 13.1 Å². The van der Waals surface area contributed by atoms with Gasteiger partial charge in [0.05, 0.1) is 28.7 Å². The number of anilines is 2. The molecule has 2 aliphatic heterocycles. The Kier molecular flexibility index (Phi) is 7.35. The molecule has 1 amide bonds. The molecule has 11 nitrogen and oxygen atoms in total. The summed E-state index contributed by atoms with van der Waals surface area (Å²) in [5.74, 6) is -0.474.